The van der Waals surface area contributed by atoms with Gasteiger partial charge in [0.05, 0.1) is 17.7 Å². The van der Waals surface area contributed by atoms with E-state index >= 15 is 0 Å². The Labute approximate surface area is 130 Å². The zero-order valence-corrected chi connectivity index (χ0v) is 12.2. The van der Waals surface area contributed by atoms with Gasteiger partial charge in [-0.3, -0.25) is 10.1 Å². The van der Waals surface area contributed by atoms with E-state index < -0.39 is 4.92 Å². The smallest absolute Gasteiger partial charge is 0.322 e. The zero-order chi connectivity index (χ0) is 16.1. The molecular formula is C17H12N2O4. The maximum absolute atomic E-state index is 11.6. The van der Waals surface area contributed by atoms with Crippen molar-refractivity contribution in [3.8, 4) is 11.5 Å². The second kappa shape index (κ2) is 4.61. The number of benzene rings is 3. The quantitative estimate of drug-likeness (QED) is 0.323. The van der Waals surface area contributed by atoms with E-state index in [-0.39, 0.29) is 22.6 Å². The normalized spacial score (nSPS) is 12.4. The van der Waals surface area contributed by atoms with Gasteiger partial charge in [0.1, 0.15) is 11.1 Å². The summed E-state index contributed by atoms with van der Waals surface area (Å²) in [6.45, 7) is 0. The molecule has 3 aromatic rings. The fourth-order valence-electron chi connectivity index (χ4n) is 3.18. The van der Waals surface area contributed by atoms with E-state index in [1.807, 2.05) is 12.1 Å². The van der Waals surface area contributed by atoms with Crippen molar-refractivity contribution in [2.45, 2.75) is 0 Å². The maximum atomic E-state index is 11.6. The van der Waals surface area contributed by atoms with Crippen LogP contribution in [0.5, 0.6) is 11.5 Å². The summed E-state index contributed by atoms with van der Waals surface area (Å²) in [5.41, 5.74) is 1.28. The maximum Gasteiger partial charge on any atom is 0.322 e. The summed E-state index contributed by atoms with van der Waals surface area (Å²) in [6.07, 6.45) is 3.57. The molecule has 0 spiro atoms. The number of nitro benzene ring substituents is 1. The van der Waals surface area contributed by atoms with Crippen molar-refractivity contribution in [3.05, 3.63) is 52.2 Å². The summed E-state index contributed by atoms with van der Waals surface area (Å²) in [7, 11) is 1.38. The number of nitrogens with zero attached hydrogens (tertiary/aromatic N) is 1. The van der Waals surface area contributed by atoms with Crippen LogP contribution in [0.2, 0.25) is 0 Å². The van der Waals surface area contributed by atoms with Crippen molar-refractivity contribution < 1.29 is 14.8 Å². The summed E-state index contributed by atoms with van der Waals surface area (Å²) in [6, 6.07) is 8.88. The Hall–Kier alpha value is -3.28. The third-order valence-corrected chi connectivity index (χ3v) is 4.13. The van der Waals surface area contributed by atoms with Crippen LogP contribution in [0.4, 0.5) is 11.4 Å². The predicted molar refractivity (Wildman–Crippen MR) is 89.0 cm³/mol. The molecule has 114 valence electrons. The molecule has 0 saturated carbocycles. The van der Waals surface area contributed by atoms with Crippen LogP contribution in [0.1, 0.15) is 5.56 Å². The lowest BCUT2D eigenvalue weighted by Gasteiger charge is -2.19. The second-order valence-corrected chi connectivity index (χ2v) is 5.27. The number of nitrogens with one attached hydrogen (secondary N) is 1. The van der Waals surface area contributed by atoms with Crippen molar-refractivity contribution in [2.75, 3.05) is 12.4 Å². The number of fused-ring (bicyclic) bond motifs is 2. The van der Waals surface area contributed by atoms with Crippen LogP contribution < -0.4 is 10.1 Å². The molecule has 3 aromatic carbocycles. The second-order valence-electron chi connectivity index (χ2n) is 5.27. The Kier molecular flexibility index (Phi) is 2.68. The van der Waals surface area contributed by atoms with Gasteiger partial charge in [0.25, 0.3) is 0 Å². The molecule has 0 aromatic heterocycles. The number of hydrogen-bond donors (Lipinski definition) is 2. The third kappa shape index (κ3) is 1.69. The van der Waals surface area contributed by atoms with E-state index in [0.717, 1.165) is 16.6 Å². The van der Waals surface area contributed by atoms with E-state index in [4.69, 9.17) is 4.74 Å². The molecular weight excluding hydrogens is 296 g/mol. The molecule has 2 N–H and O–H groups in total. The number of rotatable bonds is 2. The summed E-state index contributed by atoms with van der Waals surface area (Å²) in [4.78, 5) is 11.1. The van der Waals surface area contributed by atoms with E-state index in [0.29, 0.717) is 10.8 Å². The van der Waals surface area contributed by atoms with Gasteiger partial charge in [-0.2, -0.15) is 0 Å². The summed E-state index contributed by atoms with van der Waals surface area (Å²) >= 11 is 0. The van der Waals surface area contributed by atoms with Gasteiger partial charge < -0.3 is 15.2 Å². The van der Waals surface area contributed by atoms with Gasteiger partial charge in [-0.25, -0.2) is 0 Å². The number of phenolic OH excluding ortho intramolecular Hbond substituents is 1. The van der Waals surface area contributed by atoms with Gasteiger partial charge in [0, 0.05) is 22.4 Å². The minimum atomic E-state index is -0.519. The largest absolute Gasteiger partial charge is 0.506 e. The Balaban J connectivity index is 2.36. The molecule has 4 rings (SSSR count). The first-order chi connectivity index (χ1) is 11.1. The molecule has 1 heterocycles. The molecule has 0 amide bonds. The Morgan fingerprint density at radius 1 is 1.22 bits per heavy atom. The average molecular weight is 308 g/mol. The van der Waals surface area contributed by atoms with Gasteiger partial charge in [-0.1, -0.05) is 24.3 Å². The summed E-state index contributed by atoms with van der Waals surface area (Å²) in [5.74, 6) is 0.0175. The molecule has 0 saturated heterocycles. The summed E-state index contributed by atoms with van der Waals surface area (Å²) < 4.78 is 5.18. The highest BCUT2D eigenvalue weighted by atomic mass is 16.6. The van der Waals surface area contributed by atoms with Crippen LogP contribution in [0.25, 0.3) is 27.6 Å². The number of phenols is 1. The molecule has 0 unspecified atom stereocenters. The Morgan fingerprint density at radius 2 is 1.96 bits per heavy atom. The molecule has 0 atom stereocenters. The highest BCUT2D eigenvalue weighted by Gasteiger charge is 2.28. The molecule has 0 aliphatic carbocycles. The molecule has 0 radical (unpaired) electrons. The first-order valence-electron chi connectivity index (χ1n) is 6.99. The molecule has 0 fully saturated rings. The number of hydrogen-bond acceptors (Lipinski definition) is 5. The number of methoxy groups -OCH3 is 1. The van der Waals surface area contributed by atoms with E-state index in [9.17, 15) is 15.2 Å². The highest BCUT2D eigenvalue weighted by Crippen LogP contribution is 2.50. The lowest BCUT2D eigenvalue weighted by atomic mass is 9.93. The van der Waals surface area contributed by atoms with Crippen LogP contribution in [0, 0.1) is 10.1 Å². The van der Waals surface area contributed by atoms with Crippen LogP contribution >= 0.6 is 0 Å². The van der Waals surface area contributed by atoms with E-state index in [2.05, 4.69) is 5.32 Å². The van der Waals surface area contributed by atoms with Gasteiger partial charge in [0.2, 0.25) is 0 Å². The fraction of sp³-hybridized carbons (Fsp3) is 0.0588. The van der Waals surface area contributed by atoms with Crippen molar-refractivity contribution in [2.24, 2.45) is 0 Å². The number of ether oxygens (including phenoxy) is 1. The number of anilines is 1. The van der Waals surface area contributed by atoms with Crippen LogP contribution in [-0.4, -0.2) is 17.1 Å². The molecule has 23 heavy (non-hydrogen) atoms. The number of aromatic hydroxyl groups is 1. The Morgan fingerprint density at radius 3 is 2.65 bits per heavy atom. The summed E-state index contributed by atoms with van der Waals surface area (Å²) in [5, 5.41) is 27.6. The topological polar surface area (TPSA) is 84.6 Å². The van der Waals surface area contributed by atoms with E-state index in [1.54, 1.807) is 30.5 Å². The minimum Gasteiger partial charge on any atom is -0.506 e. The first-order valence-corrected chi connectivity index (χ1v) is 6.99. The molecule has 6 nitrogen and oxygen atoms in total. The monoisotopic (exact) mass is 308 g/mol. The van der Waals surface area contributed by atoms with Gasteiger partial charge in [-0.05, 0) is 17.7 Å². The van der Waals surface area contributed by atoms with Crippen LogP contribution in [-0.2, 0) is 0 Å². The third-order valence-electron chi connectivity index (χ3n) is 4.13. The zero-order valence-electron chi connectivity index (χ0n) is 12.2. The van der Waals surface area contributed by atoms with Crippen molar-refractivity contribution >= 4 is 39.0 Å². The standard InChI is InChI=1S/C17H12N2O4/c1-23-12-8-9-6-7-18-15-10-4-2-3-5-11(10)17(20)14(13(9)15)16(12)19(21)22/h2-8,18,20H,1H3. The van der Waals surface area contributed by atoms with Crippen molar-refractivity contribution in [1.29, 1.82) is 0 Å². The van der Waals surface area contributed by atoms with Gasteiger partial charge in [-0.15, -0.1) is 0 Å². The molecule has 1 aliphatic rings. The molecule has 6 heteroatoms. The van der Waals surface area contributed by atoms with Gasteiger partial charge in [0.15, 0.2) is 5.75 Å². The fourth-order valence-corrected chi connectivity index (χ4v) is 3.18. The predicted octanol–water partition coefficient (Wildman–Crippen LogP) is 4.01. The van der Waals surface area contributed by atoms with Crippen molar-refractivity contribution in [1.82, 2.24) is 0 Å². The average Bonchev–Trinajstić information content (AvgIpc) is 2.58. The van der Waals surface area contributed by atoms with Crippen molar-refractivity contribution in [3.63, 3.8) is 0 Å². The van der Waals surface area contributed by atoms with Crippen LogP contribution in [0.15, 0.2) is 36.5 Å². The minimum absolute atomic E-state index is 0.108. The lowest BCUT2D eigenvalue weighted by molar-refractivity contribution is -0.384. The van der Waals surface area contributed by atoms with Crippen LogP contribution in [0.3, 0.4) is 0 Å². The molecule has 0 bridgehead atoms. The highest BCUT2D eigenvalue weighted by molar-refractivity contribution is 6.22. The van der Waals surface area contributed by atoms with Gasteiger partial charge >= 0.3 is 5.69 Å². The number of nitro groups is 1. The molecule has 1 aliphatic heterocycles. The lowest BCUT2D eigenvalue weighted by Crippen LogP contribution is -2.02. The Bertz CT molecular complexity index is 1020. The van der Waals surface area contributed by atoms with E-state index in [1.165, 1.54) is 7.11 Å². The first kappa shape index (κ1) is 13.4. The SMILES string of the molecule is COc1cc2c3c(c4ccccc4c(O)c3c1[N+](=O)[O-])NC=C2.